The number of rotatable bonds is 5. The SMILES string of the molecule is c1ccc(N(c2ccccc2)c2cc3c4c(c2)N(c2ccccc2)c2ccccc2B4c2cc4c(cc2O3)B2c3ccccc3N3c5ccccc5B5c6ccccc6N(c6ccccc6)c6cc(c2c3c65)O4)cc1. The van der Waals surface area contributed by atoms with Crippen molar-refractivity contribution >= 4 is 138 Å². The molecule has 0 saturated heterocycles. The van der Waals surface area contributed by atoms with Crippen LogP contribution in [0.2, 0.25) is 0 Å². The number of hydrogen-bond acceptors (Lipinski definition) is 6. The summed E-state index contributed by atoms with van der Waals surface area (Å²) < 4.78 is 15.1. The van der Waals surface area contributed by atoms with E-state index in [1.54, 1.807) is 0 Å². The van der Waals surface area contributed by atoms with Crippen LogP contribution in [0, 0.1) is 0 Å². The van der Waals surface area contributed by atoms with E-state index in [2.05, 4.69) is 268 Å². The van der Waals surface area contributed by atoms with E-state index >= 15 is 0 Å². The average Bonchev–Trinajstić information content (AvgIpc) is 3.50. The fraction of sp³-hybridized carbons (Fsp3) is 0. The van der Waals surface area contributed by atoms with Gasteiger partial charge in [0.2, 0.25) is 0 Å². The van der Waals surface area contributed by atoms with Crippen LogP contribution in [0.3, 0.4) is 0 Å². The Bertz CT molecular complexity index is 4150. The standard InChI is InChI=1S/C66H41B3N4O2/c1-5-21-42(22-6-1)70(43-23-7-2-8-24-43)46-37-57-63-61(38-46)74-59-40-52-60(39-51(59)68(63)48-30-14-18-34-54(48)71(57)44-25-9-3-10-26-44)75-62-41-58-64-66-65(62)69(52)50-32-16-20-36-56(50)73(66)55-35-19-15-31-49(55)67(64)47-29-13-17-33-53(47)72(58)45-27-11-4-12-28-45/h1-41H. The Morgan fingerprint density at radius 3 is 1.12 bits per heavy atom. The first-order chi connectivity index (χ1) is 37.2. The summed E-state index contributed by atoms with van der Waals surface area (Å²) in [7, 11) is 0. The Hall–Kier alpha value is -9.59. The van der Waals surface area contributed by atoms with Crippen molar-refractivity contribution in [2.45, 2.75) is 0 Å². The van der Waals surface area contributed by atoms with E-state index in [-0.39, 0.29) is 20.1 Å². The summed E-state index contributed by atoms with van der Waals surface area (Å²) in [5.74, 6) is 3.41. The van der Waals surface area contributed by atoms with Gasteiger partial charge in [0.25, 0.3) is 20.1 Å². The lowest BCUT2D eigenvalue weighted by Crippen LogP contribution is -2.68. The quantitative estimate of drug-likeness (QED) is 0.160. The van der Waals surface area contributed by atoms with Crippen molar-refractivity contribution in [2.75, 3.05) is 19.6 Å². The summed E-state index contributed by atoms with van der Waals surface area (Å²) in [6.45, 7) is -0.278. The average molecular weight is 955 g/mol. The molecule has 6 heterocycles. The molecule has 9 heteroatoms. The fourth-order valence-corrected chi connectivity index (χ4v) is 13.6. The molecule has 0 spiro atoms. The fourth-order valence-electron chi connectivity index (χ4n) is 13.6. The topological polar surface area (TPSA) is 31.4 Å². The van der Waals surface area contributed by atoms with Gasteiger partial charge in [-0.1, -0.05) is 146 Å². The Morgan fingerprint density at radius 2 is 0.640 bits per heavy atom. The Balaban J connectivity index is 0.918. The van der Waals surface area contributed by atoms with Gasteiger partial charge in [0.15, 0.2) is 0 Å². The van der Waals surface area contributed by atoms with Gasteiger partial charge < -0.3 is 29.1 Å². The zero-order chi connectivity index (χ0) is 48.9. The maximum atomic E-state index is 7.57. The highest BCUT2D eigenvalue weighted by Crippen LogP contribution is 2.50. The van der Waals surface area contributed by atoms with Gasteiger partial charge in [-0.25, -0.2) is 0 Å². The molecule has 0 aromatic heterocycles. The molecule has 346 valence electrons. The molecular weight excluding hydrogens is 913 g/mol. The molecule has 0 fully saturated rings. The van der Waals surface area contributed by atoms with Crippen LogP contribution >= 0.6 is 0 Å². The van der Waals surface area contributed by atoms with E-state index in [4.69, 9.17) is 9.47 Å². The molecule has 11 aromatic rings. The van der Waals surface area contributed by atoms with Gasteiger partial charge in [0, 0.05) is 74.7 Å². The number of nitrogens with zero attached hydrogens (tertiary/aromatic N) is 4. The van der Waals surface area contributed by atoms with Crippen LogP contribution in [0.25, 0.3) is 0 Å². The highest BCUT2D eigenvalue weighted by molar-refractivity contribution is 7.04. The van der Waals surface area contributed by atoms with Crippen LogP contribution in [0.4, 0.5) is 68.2 Å². The van der Waals surface area contributed by atoms with Gasteiger partial charge in [-0.3, -0.25) is 0 Å². The number of ether oxygens (including phenoxy) is 2. The van der Waals surface area contributed by atoms with Crippen LogP contribution in [0.5, 0.6) is 23.0 Å². The van der Waals surface area contributed by atoms with Crippen molar-refractivity contribution in [3.8, 4) is 23.0 Å². The van der Waals surface area contributed by atoms with Crippen molar-refractivity contribution in [2.24, 2.45) is 0 Å². The normalized spacial score (nSPS) is 13.9. The number of fused-ring (bicyclic) bond motifs is 14. The maximum absolute atomic E-state index is 7.57. The summed E-state index contributed by atoms with van der Waals surface area (Å²) in [6.07, 6.45) is 0. The van der Waals surface area contributed by atoms with Gasteiger partial charge >= 0.3 is 0 Å². The Morgan fingerprint density at radius 1 is 0.267 bits per heavy atom. The van der Waals surface area contributed by atoms with E-state index in [0.717, 1.165) is 84.9 Å². The minimum Gasteiger partial charge on any atom is -0.458 e. The summed E-state index contributed by atoms with van der Waals surface area (Å²) in [5.41, 5.74) is 24.3. The zero-order valence-electron chi connectivity index (χ0n) is 40.5. The molecule has 0 atom stereocenters. The third-order valence-electron chi connectivity index (χ3n) is 16.5. The minimum absolute atomic E-state index is 0.0103. The van der Waals surface area contributed by atoms with Crippen molar-refractivity contribution in [3.05, 3.63) is 249 Å². The lowest BCUT2D eigenvalue weighted by molar-refractivity contribution is 0.476. The molecule has 0 amide bonds. The van der Waals surface area contributed by atoms with E-state index in [0.29, 0.717) is 0 Å². The lowest BCUT2D eigenvalue weighted by atomic mass is 9.29. The van der Waals surface area contributed by atoms with Crippen LogP contribution in [0.15, 0.2) is 249 Å². The first-order valence-electron chi connectivity index (χ1n) is 25.9. The zero-order valence-corrected chi connectivity index (χ0v) is 40.5. The molecule has 17 rings (SSSR count). The van der Waals surface area contributed by atoms with Gasteiger partial charge in [-0.2, -0.15) is 0 Å². The van der Waals surface area contributed by atoms with Crippen LogP contribution in [-0.4, -0.2) is 20.1 Å². The summed E-state index contributed by atoms with van der Waals surface area (Å²) in [6, 6.07) is 90.4. The van der Waals surface area contributed by atoms with Gasteiger partial charge in [-0.15, -0.1) is 0 Å². The predicted octanol–water partition coefficient (Wildman–Crippen LogP) is 10.6. The van der Waals surface area contributed by atoms with Crippen molar-refractivity contribution in [1.82, 2.24) is 0 Å². The molecular formula is C66H41B3N4O2. The van der Waals surface area contributed by atoms with Gasteiger partial charge in [0.1, 0.15) is 23.0 Å². The molecule has 6 nitrogen and oxygen atoms in total. The molecule has 0 N–H and O–H groups in total. The number of hydrogen-bond donors (Lipinski definition) is 0. The second kappa shape index (κ2) is 15.5. The highest BCUT2D eigenvalue weighted by Gasteiger charge is 2.52. The minimum atomic E-state index is -0.151. The van der Waals surface area contributed by atoms with Crippen molar-refractivity contribution in [1.29, 1.82) is 0 Å². The van der Waals surface area contributed by atoms with Crippen LogP contribution < -0.4 is 78.2 Å². The van der Waals surface area contributed by atoms with Gasteiger partial charge in [-0.05, 0) is 140 Å². The molecule has 11 aromatic carbocycles. The lowest BCUT2D eigenvalue weighted by Gasteiger charge is -2.49. The third-order valence-corrected chi connectivity index (χ3v) is 16.5. The Kier molecular flexibility index (Phi) is 8.44. The molecule has 6 aliphatic heterocycles. The van der Waals surface area contributed by atoms with Crippen molar-refractivity contribution in [3.63, 3.8) is 0 Å². The third kappa shape index (κ3) is 5.67. The monoisotopic (exact) mass is 954 g/mol. The largest absolute Gasteiger partial charge is 0.458 e. The molecule has 0 aliphatic carbocycles. The number of anilines is 12. The molecule has 0 unspecified atom stereocenters. The maximum Gasteiger partial charge on any atom is 0.256 e. The van der Waals surface area contributed by atoms with Crippen molar-refractivity contribution < 1.29 is 9.47 Å². The van der Waals surface area contributed by atoms with Crippen LogP contribution in [-0.2, 0) is 0 Å². The molecule has 6 aliphatic rings. The summed E-state index contributed by atoms with van der Waals surface area (Å²) >= 11 is 0. The highest BCUT2D eigenvalue weighted by atomic mass is 16.5. The molecule has 0 saturated carbocycles. The smallest absolute Gasteiger partial charge is 0.256 e. The molecule has 0 bridgehead atoms. The first-order valence-corrected chi connectivity index (χ1v) is 25.9. The van der Waals surface area contributed by atoms with E-state index in [1.807, 2.05) is 0 Å². The first kappa shape index (κ1) is 40.9. The second-order valence-electron chi connectivity index (χ2n) is 20.3. The van der Waals surface area contributed by atoms with Crippen LogP contribution in [0.1, 0.15) is 0 Å². The van der Waals surface area contributed by atoms with E-state index < -0.39 is 0 Å². The molecule has 0 radical (unpaired) electrons. The Labute approximate surface area is 436 Å². The number of benzene rings is 11. The summed E-state index contributed by atoms with van der Waals surface area (Å²) in [5, 5.41) is 0. The predicted molar refractivity (Wildman–Crippen MR) is 312 cm³/mol. The molecule has 75 heavy (non-hydrogen) atoms. The van der Waals surface area contributed by atoms with E-state index in [9.17, 15) is 0 Å². The summed E-state index contributed by atoms with van der Waals surface area (Å²) in [4.78, 5) is 9.76. The number of para-hydroxylation sites is 8. The second-order valence-corrected chi connectivity index (χ2v) is 20.3. The van der Waals surface area contributed by atoms with Gasteiger partial charge in [0.05, 0.1) is 5.69 Å². The van der Waals surface area contributed by atoms with E-state index in [1.165, 1.54) is 55.5 Å².